The largest absolute Gasteiger partial charge is 0.504 e. The summed E-state index contributed by atoms with van der Waals surface area (Å²) in [6.07, 6.45) is 1.53. The summed E-state index contributed by atoms with van der Waals surface area (Å²) < 4.78 is 20.0. The number of nitrogens with zero attached hydrogens (tertiary/aromatic N) is 1. The van der Waals surface area contributed by atoms with Crippen LogP contribution in [0.4, 0.5) is 10.1 Å². The molecule has 10 heteroatoms. The number of hydrogen-bond acceptors (Lipinski definition) is 7. The highest BCUT2D eigenvalue weighted by molar-refractivity contribution is 6.15. The fourth-order valence-corrected chi connectivity index (χ4v) is 6.13. The molecule has 6 rings (SSSR count). The van der Waals surface area contributed by atoms with Gasteiger partial charge in [0.25, 0.3) is 0 Å². The van der Waals surface area contributed by atoms with E-state index in [2.05, 4.69) is 10.6 Å². The molecule has 3 amide bonds. The molecule has 4 aliphatic rings. The van der Waals surface area contributed by atoms with Crippen LogP contribution in [0.5, 0.6) is 11.5 Å². The van der Waals surface area contributed by atoms with Gasteiger partial charge in [-0.25, -0.2) is 4.39 Å². The van der Waals surface area contributed by atoms with E-state index in [4.69, 9.17) is 4.74 Å². The number of amides is 3. The number of halogens is 1. The number of phenolic OH excluding ortho intramolecular Hbond substituents is 2. The van der Waals surface area contributed by atoms with E-state index in [1.54, 1.807) is 6.07 Å². The van der Waals surface area contributed by atoms with E-state index in [1.165, 1.54) is 35.2 Å². The van der Waals surface area contributed by atoms with Crippen molar-refractivity contribution >= 4 is 23.4 Å². The normalized spacial score (nSPS) is 31.3. The molecule has 4 N–H and O–H groups in total. The summed E-state index contributed by atoms with van der Waals surface area (Å²) in [5.41, 5.74) is -0.314. The smallest absolute Gasteiger partial charge is 0.250 e. The highest BCUT2D eigenvalue weighted by Crippen LogP contribution is 2.53. The van der Waals surface area contributed by atoms with Gasteiger partial charge in [0, 0.05) is 23.9 Å². The van der Waals surface area contributed by atoms with Crippen molar-refractivity contribution in [3.8, 4) is 11.5 Å². The summed E-state index contributed by atoms with van der Waals surface area (Å²) in [4.78, 5) is 42.0. The molecule has 0 aliphatic carbocycles. The maximum Gasteiger partial charge on any atom is 0.250 e. The first-order valence-corrected chi connectivity index (χ1v) is 11.7. The number of rotatable bonds is 4. The van der Waals surface area contributed by atoms with Crippen LogP contribution in [0.3, 0.4) is 0 Å². The second kappa shape index (κ2) is 7.76. The predicted octanol–water partition coefficient (Wildman–Crippen LogP) is 1.38. The Hall–Kier alpha value is -3.50. The maximum atomic E-state index is 14.3. The number of phenols is 2. The Kier molecular flexibility index (Phi) is 4.87. The number of ether oxygens (including phenoxy) is 1. The van der Waals surface area contributed by atoms with E-state index in [9.17, 15) is 29.0 Å². The van der Waals surface area contributed by atoms with Gasteiger partial charge in [-0.3, -0.25) is 24.6 Å². The number of fused-ring (bicyclic) bond motifs is 4. The van der Waals surface area contributed by atoms with Crippen molar-refractivity contribution in [1.82, 2.24) is 10.2 Å². The van der Waals surface area contributed by atoms with Crippen molar-refractivity contribution in [2.45, 2.75) is 36.9 Å². The molecule has 3 saturated heterocycles. The number of imide groups is 1. The lowest BCUT2D eigenvalue weighted by Gasteiger charge is -2.30. The monoisotopic (exact) mass is 481 g/mol. The van der Waals surface area contributed by atoms with Gasteiger partial charge < -0.3 is 20.3 Å². The number of likely N-dealkylation sites (tertiary alicyclic amines) is 1. The quantitative estimate of drug-likeness (QED) is 0.384. The van der Waals surface area contributed by atoms with Crippen molar-refractivity contribution in [2.24, 2.45) is 11.8 Å². The van der Waals surface area contributed by atoms with Crippen LogP contribution in [0.25, 0.3) is 0 Å². The molecule has 2 aromatic rings. The van der Waals surface area contributed by atoms with Gasteiger partial charge in [-0.05, 0) is 55.2 Å². The molecule has 182 valence electrons. The fourth-order valence-electron chi connectivity index (χ4n) is 6.13. The first kappa shape index (κ1) is 22.0. The lowest BCUT2D eigenvalue weighted by molar-refractivity contribution is -0.144. The molecule has 35 heavy (non-hydrogen) atoms. The van der Waals surface area contributed by atoms with E-state index in [0.717, 1.165) is 12.8 Å². The van der Waals surface area contributed by atoms with E-state index in [0.29, 0.717) is 23.4 Å². The highest BCUT2D eigenvalue weighted by atomic mass is 19.1. The number of hydrogen-bond donors (Lipinski definition) is 4. The third-order valence-electron chi connectivity index (χ3n) is 7.67. The third kappa shape index (κ3) is 3.16. The Bertz CT molecular complexity index is 1260. The summed E-state index contributed by atoms with van der Waals surface area (Å²) in [5.74, 6) is -4.47. The lowest BCUT2D eigenvalue weighted by atomic mass is 9.76. The van der Waals surface area contributed by atoms with Gasteiger partial charge in [0.1, 0.15) is 11.4 Å². The van der Waals surface area contributed by atoms with Gasteiger partial charge in [0.2, 0.25) is 17.7 Å². The zero-order valence-corrected chi connectivity index (χ0v) is 18.7. The fraction of sp³-hybridized carbons (Fsp3) is 0.400. The third-order valence-corrected chi connectivity index (χ3v) is 7.67. The predicted molar refractivity (Wildman–Crippen MR) is 120 cm³/mol. The molecular weight excluding hydrogens is 457 g/mol. The first-order chi connectivity index (χ1) is 16.8. The van der Waals surface area contributed by atoms with Gasteiger partial charge >= 0.3 is 0 Å². The summed E-state index contributed by atoms with van der Waals surface area (Å²) >= 11 is 0. The molecular formula is C25H24FN3O6. The minimum Gasteiger partial charge on any atom is -0.504 e. The molecule has 5 atom stereocenters. The van der Waals surface area contributed by atoms with Crippen molar-refractivity contribution in [3.05, 3.63) is 53.3 Å². The molecule has 5 unspecified atom stereocenters. The van der Waals surface area contributed by atoms with Crippen LogP contribution in [0.2, 0.25) is 0 Å². The van der Waals surface area contributed by atoms with Crippen molar-refractivity contribution in [2.75, 3.05) is 18.5 Å². The molecule has 2 aromatic carbocycles. The summed E-state index contributed by atoms with van der Waals surface area (Å²) in [5, 5.41) is 25.6. The molecule has 0 saturated carbocycles. The lowest BCUT2D eigenvalue weighted by Crippen LogP contribution is -2.54. The zero-order chi connectivity index (χ0) is 24.5. The van der Waals surface area contributed by atoms with Crippen LogP contribution >= 0.6 is 0 Å². The standard InChI is InChI=1S/C25H24FN3O6/c26-13-4-5-16-15(10-13)25(24(34)27-16)21-20(17(28-25)8-12-3-6-18(30)19(31)9-12)22(32)29(23(21)33)11-14-2-1-7-35-14/h3-6,9-10,14,17,20-21,28,30-31H,1-2,7-8,11H2,(H,27,34). The molecule has 1 spiro atoms. The van der Waals surface area contributed by atoms with Crippen LogP contribution in [0, 0.1) is 17.7 Å². The summed E-state index contributed by atoms with van der Waals surface area (Å²) in [6, 6.07) is 7.57. The second-order valence-corrected chi connectivity index (χ2v) is 9.66. The molecule has 3 fully saturated rings. The summed E-state index contributed by atoms with van der Waals surface area (Å²) in [7, 11) is 0. The van der Waals surface area contributed by atoms with Gasteiger partial charge in [-0.15, -0.1) is 0 Å². The molecule has 0 aromatic heterocycles. The molecule has 9 nitrogen and oxygen atoms in total. The topological polar surface area (TPSA) is 128 Å². The Morgan fingerprint density at radius 3 is 2.66 bits per heavy atom. The second-order valence-electron chi connectivity index (χ2n) is 9.66. The Morgan fingerprint density at radius 1 is 1.09 bits per heavy atom. The highest BCUT2D eigenvalue weighted by Gasteiger charge is 2.70. The average molecular weight is 481 g/mol. The number of carbonyl (C=O) groups is 3. The SMILES string of the molecule is O=C1C2C(Cc3ccc(O)c(O)c3)NC3(C(=O)Nc4ccc(F)cc43)C2C(=O)N1CC1CCCO1. The maximum absolute atomic E-state index is 14.3. The van der Waals surface area contributed by atoms with Gasteiger partial charge in [-0.1, -0.05) is 6.07 Å². The van der Waals surface area contributed by atoms with E-state index in [-0.39, 0.29) is 30.6 Å². The zero-order valence-electron chi connectivity index (χ0n) is 18.7. The molecule has 4 heterocycles. The minimum atomic E-state index is -1.61. The minimum absolute atomic E-state index is 0.116. The Balaban J connectivity index is 1.43. The van der Waals surface area contributed by atoms with Crippen LogP contribution in [0.1, 0.15) is 24.0 Å². The molecule has 0 radical (unpaired) electrons. The number of nitrogens with one attached hydrogen (secondary N) is 2. The average Bonchev–Trinajstić information content (AvgIpc) is 3.56. The number of benzene rings is 2. The van der Waals surface area contributed by atoms with Gasteiger partial charge in [0.05, 0.1) is 24.5 Å². The van der Waals surface area contributed by atoms with E-state index in [1.807, 2.05) is 0 Å². The van der Waals surface area contributed by atoms with Crippen LogP contribution < -0.4 is 10.6 Å². The van der Waals surface area contributed by atoms with Crippen LogP contribution in [-0.4, -0.2) is 58.1 Å². The van der Waals surface area contributed by atoms with E-state index < -0.39 is 47.0 Å². The van der Waals surface area contributed by atoms with Crippen LogP contribution in [0.15, 0.2) is 36.4 Å². The van der Waals surface area contributed by atoms with Gasteiger partial charge in [-0.2, -0.15) is 0 Å². The summed E-state index contributed by atoms with van der Waals surface area (Å²) in [6.45, 7) is 0.687. The number of anilines is 1. The Labute approximate surface area is 199 Å². The van der Waals surface area contributed by atoms with Crippen molar-refractivity contribution in [3.63, 3.8) is 0 Å². The number of carbonyl (C=O) groups excluding carboxylic acids is 3. The van der Waals surface area contributed by atoms with E-state index >= 15 is 0 Å². The number of aromatic hydroxyl groups is 2. The van der Waals surface area contributed by atoms with Crippen molar-refractivity contribution in [1.29, 1.82) is 0 Å². The molecule has 4 aliphatic heterocycles. The van der Waals surface area contributed by atoms with Crippen LogP contribution in [-0.2, 0) is 31.1 Å². The first-order valence-electron chi connectivity index (χ1n) is 11.7. The van der Waals surface area contributed by atoms with Crippen molar-refractivity contribution < 1.29 is 33.7 Å². The molecule has 0 bridgehead atoms. The Morgan fingerprint density at radius 2 is 1.91 bits per heavy atom. The van der Waals surface area contributed by atoms with Gasteiger partial charge in [0.15, 0.2) is 11.5 Å².